The first-order chi connectivity index (χ1) is 9.60. The van der Waals surface area contributed by atoms with Crippen molar-refractivity contribution in [3.05, 3.63) is 32.3 Å². The van der Waals surface area contributed by atoms with Gasteiger partial charge in [-0.1, -0.05) is 0 Å². The monoisotopic (exact) mass is 357 g/mol. The minimum Gasteiger partial charge on any atom is -0.384 e. The van der Waals surface area contributed by atoms with Gasteiger partial charge >= 0.3 is 0 Å². The second-order valence-electron chi connectivity index (χ2n) is 5.85. The van der Waals surface area contributed by atoms with Crippen LogP contribution in [0.3, 0.4) is 0 Å². The molecule has 116 valence electrons. The van der Waals surface area contributed by atoms with Crippen molar-refractivity contribution in [1.29, 1.82) is 0 Å². The average molecular weight is 358 g/mol. The van der Waals surface area contributed by atoms with Crippen LogP contribution in [0.2, 0.25) is 0 Å². The highest BCUT2D eigenvalue weighted by Crippen LogP contribution is 2.30. The average Bonchev–Trinajstić information content (AvgIpc) is 2.30. The molecule has 6 nitrogen and oxygen atoms in total. The lowest BCUT2D eigenvalue weighted by Gasteiger charge is -2.20. The summed E-state index contributed by atoms with van der Waals surface area (Å²) in [7, 11) is 0. The van der Waals surface area contributed by atoms with Gasteiger partial charge in [-0.2, -0.15) is 0 Å². The van der Waals surface area contributed by atoms with Gasteiger partial charge in [-0.3, -0.25) is 14.9 Å². The van der Waals surface area contributed by atoms with E-state index < -0.39 is 4.92 Å². The van der Waals surface area contributed by atoms with Crippen LogP contribution in [0.5, 0.6) is 0 Å². The number of nitro groups is 1. The minimum absolute atomic E-state index is 0.0373. The number of hydrogen-bond acceptors (Lipinski definition) is 4. The number of aryl methyl sites for hydroxylation is 1. The first-order valence-corrected chi connectivity index (χ1v) is 7.39. The molecule has 1 rings (SSSR count). The normalized spacial score (nSPS) is 11.1. The fourth-order valence-electron chi connectivity index (χ4n) is 1.79. The van der Waals surface area contributed by atoms with Crippen molar-refractivity contribution in [3.8, 4) is 0 Å². The van der Waals surface area contributed by atoms with Crippen LogP contribution in [0.1, 0.15) is 32.8 Å². The summed E-state index contributed by atoms with van der Waals surface area (Å²) < 4.78 is 0.607. The van der Waals surface area contributed by atoms with Crippen LogP contribution in [-0.2, 0) is 4.79 Å². The highest BCUT2D eigenvalue weighted by molar-refractivity contribution is 9.10. The second kappa shape index (κ2) is 6.89. The molecule has 0 aliphatic heterocycles. The zero-order valence-electron chi connectivity index (χ0n) is 12.6. The van der Waals surface area contributed by atoms with E-state index in [1.165, 1.54) is 6.07 Å². The third-order valence-corrected chi connectivity index (χ3v) is 3.32. The summed E-state index contributed by atoms with van der Waals surface area (Å²) in [5, 5.41) is 16.8. The van der Waals surface area contributed by atoms with Gasteiger partial charge in [-0.25, -0.2) is 0 Å². The number of nitrogens with one attached hydrogen (secondary N) is 2. The molecule has 0 spiro atoms. The van der Waals surface area contributed by atoms with E-state index in [0.29, 0.717) is 23.0 Å². The number of carbonyl (C=O) groups is 1. The van der Waals surface area contributed by atoms with E-state index in [1.807, 2.05) is 20.8 Å². The first kappa shape index (κ1) is 17.4. The molecule has 2 N–H and O–H groups in total. The highest BCUT2D eigenvalue weighted by Gasteiger charge is 2.15. The maximum Gasteiger partial charge on any atom is 0.273 e. The zero-order valence-corrected chi connectivity index (χ0v) is 14.2. The number of benzene rings is 1. The fourth-order valence-corrected chi connectivity index (χ4v) is 2.27. The Hall–Kier alpha value is -1.63. The Bertz CT molecular complexity index is 553. The van der Waals surface area contributed by atoms with Crippen LogP contribution >= 0.6 is 15.9 Å². The van der Waals surface area contributed by atoms with E-state index in [2.05, 4.69) is 26.6 Å². The number of nitro benzene ring substituents is 1. The summed E-state index contributed by atoms with van der Waals surface area (Å²) in [6, 6.07) is 3.16. The van der Waals surface area contributed by atoms with Gasteiger partial charge in [-0.15, -0.1) is 0 Å². The summed E-state index contributed by atoms with van der Waals surface area (Å²) in [4.78, 5) is 22.1. The largest absolute Gasteiger partial charge is 0.384 e. The molecule has 1 aromatic carbocycles. The summed E-state index contributed by atoms with van der Waals surface area (Å²) in [5.41, 5.74) is 1.13. The lowest BCUT2D eigenvalue weighted by molar-refractivity contribution is -0.385. The molecule has 0 radical (unpaired) electrons. The molecule has 0 saturated heterocycles. The molecule has 0 fully saturated rings. The Kier molecular flexibility index (Phi) is 5.71. The topological polar surface area (TPSA) is 84.3 Å². The summed E-state index contributed by atoms with van der Waals surface area (Å²) in [5.74, 6) is -0.0373. The van der Waals surface area contributed by atoms with Crippen molar-refractivity contribution in [2.45, 2.75) is 39.7 Å². The van der Waals surface area contributed by atoms with Crippen molar-refractivity contribution >= 4 is 33.2 Å². The van der Waals surface area contributed by atoms with E-state index >= 15 is 0 Å². The maximum atomic E-state index is 11.7. The van der Waals surface area contributed by atoms with Crippen molar-refractivity contribution in [1.82, 2.24) is 5.32 Å². The molecule has 0 aliphatic rings. The molecule has 1 amide bonds. The standard InChI is InChI=1S/C14H20BrN3O3/c1-9-7-11(10(15)8-12(9)18(20)21)16-6-5-13(19)17-14(2,3)4/h7-8,16H,5-6H2,1-4H3,(H,17,19). The van der Waals surface area contributed by atoms with Crippen LogP contribution < -0.4 is 10.6 Å². The highest BCUT2D eigenvalue weighted by atomic mass is 79.9. The number of halogens is 1. The predicted octanol–water partition coefficient (Wildman–Crippen LogP) is 3.38. The Morgan fingerprint density at radius 2 is 2.00 bits per heavy atom. The van der Waals surface area contributed by atoms with Gasteiger partial charge in [0.1, 0.15) is 0 Å². The van der Waals surface area contributed by atoms with E-state index in [1.54, 1.807) is 13.0 Å². The van der Waals surface area contributed by atoms with Crippen LogP contribution in [0.15, 0.2) is 16.6 Å². The van der Waals surface area contributed by atoms with Crippen LogP contribution in [0.25, 0.3) is 0 Å². The number of amides is 1. The van der Waals surface area contributed by atoms with Crippen molar-refractivity contribution in [2.24, 2.45) is 0 Å². The van der Waals surface area contributed by atoms with E-state index in [4.69, 9.17) is 0 Å². The molecule has 7 heteroatoms. The molecule has 0 aliphatic carbocycles. The zero-order chi connectivity index (χ0) is 16.2. The quantitative estimate of drug-likeness (QED) is 0.624. The summed E-state index contributed by atoms with van der Waals surface area (Å²) in [6.07, 6.45) is 0.333. The summed E-state index contributed by atoms with van der Waals surface area (Å²) >= 11 is 3.30. The predicted molar refractivity (Wildman–Crippen MR) is 86.5 cm³/mol. The van der Waals surface area contributed by atoms with E-state index in [9.17, 15) is 14.9 Å². The Morgan fingerprint density at radius 1 is 1.38 bits per heavy atom. The van der Waals surface area contributed by atoms with Gasteiger partial charge in [0, 0.05) is 40.3 Å². The lowest BCUT2D eigenvalue weighted by Crippen LogP contribution is -2.41. The van der Waals surface area contributed by atoms with Gasteiger partial charge in [0.05, 0.1) is 4.92 Å². The molecular weight excluding hydrogens is 338 g/mol. The van der Waals surface area contributed by atoms with Gasteiger partial charge in [-0.05, 0) is 49.7 Å². The van der Waals surface area contributed by atoms with Gasteiger partial charge in [0.2, 0.25) is 5.91 Å². The van der Waals surface area contributed by atoms with Gasteiger partial charge in [0.15, 0.2) is 0 Å². The number of hydrogen-bond donors (Lipinski definition) is 2. The minimum atomic E-state index is -0.416. The number of anilines is 1. The molecule has 0 aromatic heterocycles. The molecule has 0 atom stereocenters. The first-order valence-electron chi connectivity index (χ1n) is 6.59. The molecule has 21 heavy (non-hydrogen) atoms. The molecule has 0 saturated carbocycles. The van der Waals surface area contributed by atoms with Crippen molar-refractivity contribution < 1.29 is 9.72 Å². The molecule has 0 bridgehead atoms. The smallest absolute Gasteiger partial charge is 0.273 e. The number of rotatable bonds is 5. The maximum absolute atomic E-state index is 11.7. The second-order valence-corrected chi connectivity index (χ2v) is 6.70. The van der Waals surface area contributed by atoms with Gasteiger partial charge < -0.3 is 10.6 Å². The molecule has 1 aromatic rings. The van der Waals surface area contributed by atoms with Crippen molar-refractivity contribution in [2.75, 3.05) is 11.9 Å². The molecular formula is C14H20BrN3O3. The number of nitrogens with zero attached hydrogens (tertiary/aromatic N) is 1. The number of carbonyl (C=O) groups excluding carboxylic acids is 1. The van der Waals surface area contributed by atoms with Crippen LogP contribution in [0.4, 0.5) is 11.4 Å². The summed E-state index contributed by atoms with van der Waals surface area (Å²) in [6.45, 7) is 7.91. The Morgan fingerprint density at radius 3 is 2.52 bits per heavy atom. The molecule has 0 unspecified atom stereocenters. The fraction of sp³-hybridized carbons (Fsp3) is 0.500. The van der Waals surface area contributed by atoms with Crippen LogP contribution in [0, 0.1) is 17.0 Å². The van der Waals surface area contributed by atoms with E-state index in [-0.39, 0.29) is 17.1 Å². The lowest BCUT2D eigenvalue weighted by atomic mass is 10.1. The van der Waals surface area contributed by atoms with E-state index in [0.717, 1.165) is 5.69 Å². The Labute approximate surface area is 132 Å². The Balaban J connectivity index is 2.63. The van der Waals surface area contributed by atoms with Crippen molar-refractivity contribution in [3.63, 3.8) is 0 Å². The third kappa shape index (κ3) is 5.71. The molecule has 0 heterocycles. The van der Waals surface area contributed by atoms with Crippen LogP contribution in [-0.4, -0.2) is 22.9 Å². The third-order valence-electron chi connectivity index (χ3n) is 2.66. The SMILES string of the molecule is Cc1cc(NCCC(=O)NC(C)(C)C)c(Br)cc1[N+](=O)[O-]. The van der Waals surface area contributed by atoms with Gasteiger partial charge in [0.25, 0.3) is 5.69 Å².